The Morgan fingerprint density at radius 1 is 1.50 bits per heavy atom. The van der Waals surface area contributed by atoms with E-state index in [0.717, 1.165) is 24.6 Å². The predicted octanol–water partition coefficient (Wildman–Crippen LogP) is 1.45. The van der Waals surface area contributed by atoms with Crippen LogP contribution >= 0.6 is 0 Å². The number of halogens is 1. The highest BCUT2D eigenvalue weighted by molar-refractivity contribution is 7.92. The molecular weight excluding hydrogens is 261 g/mol. The fourth-order valence-corrected chi connectivity index (χ4v) is 3.15. The summed E-state index contributed by atoms with van der Waals surface area (Å²) >= 11 is 0. The van der Waals surface area contributed by atoms with Crippen LogP contribution in [0.3, 0.4) is 0 Å². The molecule has 1 aliphatic heterocycles. The number of ether oxygens (including phenoxy) is 1. The molecule has 100 valence electrons. The number of hydrogen-bond acceptors (Lipinski definition) is 4. The minimum absolute atomic E-state index is 0.159. The van der Waals surface area contributed by atoms with Crippen molar-refractivity contribution in [2.24, 2.45) is 0 Å². The molecule has 0 aliphatic carbocycles. The molecule has 1 saturated heterocycles. The van der Waals surface area contributed by atoms with Crippen molar-refractivity contribution in [3.8, 4) is 5.75 Å². The number of aromatic hydroxyl groups is 1. The van der Waals surface area contributed by atoms with Crippen LogP contribution in [0.4, 0.5) is 10.1 Å². The van der Waals surface area contributed by atoms with Crippen LogP contribution in [0, 0.1) is 5.82 Å². The highest BCUT2D eigenvalue weighted by Crippen LogP contribution is 2.25. The molecule has 0 spiro atoms. The van der Waals surface area contributed by atoms with Crippen molar-refractivity contribution < 1.29 is 22.7 Å². The van der Waals surface area contributed by atoms with E-state index in [1.807, 2.05) is 0 Å². The van der Waals surface area contributed by atoms with Gasteiger partial charge in [-0.15, -0.1) is 0 Å². The number of phenolic OH excluding ortho intramolecular Hbond substituents is 1. The van der Waals surface area contributed by atoms with E-state index in [-0.39, 0.29) is 23.3 Å². The Morgan fingerprint density at radius 3 is 2.94 bits per heavy atom. The van der Waals surface area contributed by atoms with Crippen LogP contribution in [0.2, 0.25) is 0 Å². The first-order valence-corrected chi connectivity index (χ1v) is 7.22. The fraction of sp³-hybridized carbons (Fsp3) is 0.455. The second-order valence-electron chi connectivity index (χ2n) is 4.18. The SMILES string of the molecule is O=S(=O)(CC1CCCO1)Nc1cc(F)ccc1O. The van der Waals surface area contributed by atoms with Crippen LogP contribution in [-0.2, 0) is 14.8 Å². The maximum Gasteiger partial charge on any atom is 0.235 e. The molecule has 2 N–H and O–H groups in total. The van der Waals surface area contributed by atoms with Crippen LogP contribution in [0.5, 0.6) is 5.75 Å². The van der Waals surface area contributed by atoms with Crippen molar-refractivity contribution in [1.29, 1.82) is 0 Å². The van der Waals surface area contributed by atoms with Crippen molar-refractivity contribution in [2.75, 3.05) is 17.1 Å². The molecule has 0 amide bonds. The normalized spacial score (nSPS) is 19.9. The number of phenols is 1. The van der Waals surface area contributed by atoms with Gasteiger partial charge >= 0.3 is 0 Å². The molecule has 0 bridgehead atoms. The molecule has 0 radical (unpaired) electrons. The fourth-order valence-electron chi connectivity index (χ4n) is 1.82. The molecule has 1 unspecified atom stereocenters. The molecule has 0 saturated carbocycles. The van der Waals surface area contributed by atoms with Crippen molar-refractivity contribution in [1.82, 2.24) is 0 Å². The minimum atomic E-state index is -3.66. The largest absolute Gasteiger partial charge is 0.506 e. The lowest BCUT2D eigenvalue weighted by atomic mass is 10.3. The highest BCUT2D eigenvalue weighted by Gasteiger charge is 2.24. The van der Waals surface area contributed by atoms with E-state index in [2.05, 4.69) is 4.72 Å². The van der Waals surface area contributed by atoms with E-state index in [1.165, 1.54) is 0 Å². The van der Waals surface area contributed by atoms with E-state index < -0.39 is 15.8 Å². The molecule has 0 aromatic heterocycles. The Labute approximate surface area is 105 Å². The molecule has 1 aromatic rings. The van der Waals surface area contributed by atoms with E-state index in [9.17, 15) is 17.9 Å². The van der Waals surface area contributed by atoms with E-state index in [1.54, 1.807) is 0 Å². The summed E-state index contributed by atoms with van der Waals surface area (Å²) in [4.78, 5) is 0. The quantitative estimate of drug-likeness (QED) is 0.816. The predicted molar refractivity (Wildman–Crippen MR) is 64.4 cm³/mol. The van der Waals surface area contributed by atoms with E-state index >= 15 is 0 Å². The van der Waals surface area contributed by atoms with Gasteiger partial charge in [0.2, 0.25) is 10.0 Å². The summed E-state index contributed by atoms with van der Waals surface area (Å²) in [5.74, 6) is -1.13. The average molecular weight is 275 g/mol. The molecule has 5 nitrogen and oxygen atoms in total. The van der Waals surface area contributed by atoms with Crippen LogP contribution in [0.15, 0.2) is 18.2 Å². The van der Waals surface area contributed by atoms with Gasteiger partial charge in [0, 0.05) is 12.7 Å². The molecule has 1 aliphatic rings. The number of benzene rings is 1. The third-order valence-corrected chi connectivity index (χ3v) is 3.99. The Balaban J connectivity index is 2.09. The van der Waals surface area contributed by atoms with Crippen molar-refractivity contribution >= 4 is 15.7 Å². The first-order valence-electron chi connectivity index (χ1n) is 5.57. The smallest absolute Gasteiger partial charge is 0.235 e. The van der Waals surface area contributed by atoms with Crippen LogP contribution in [0.25, 0.3) is 0 Å². The lowest BCUT2D eigenvalue weighted by Crippen LogP contribution is -2.25. The second-order valence-corrected chi connectivity index (χ2v) is 5.95. The van der Waals surface area contributed by atoms with E-state index in [4.69, 9.17) is 4.74 Å². The molecule has 1 fully saturated rings. The van der Waals surface area contributed by atoms with Gasteiger partial charge < -0.3 is 9.84 Å². The lowest BCUT2D eigenvalue weighted by Gasteiger charge is -2.12. The van der Waals surface area contributed by atoms with Crippen LogP contribution in [-0.4, -0.2) is 32.0 Å². The molecule has 1 aromatic carbocycles. The molecular formula is C11H14FNO4S. The molecule has 2 rings (SSSR count). The topological polar surface area (TPSA) is 75.6 Å². The highest BCUT2D eigenvalue weighted by atomic mass is 32.2. The molecule has 1 heterocycles. The van der Waals surface area contributed by atoms with Crippen molar-refractivity contribution in [3.05, 3.63) is 24.0 Å². The minimum Gasteiger partial charge on any atom is -0.506 e. The Morgan fingerprint density at radius 2 is 2.28 bits per heavy atom. The zero-order chi connectivity index (χ0) is 13.2. The van der Waals surface area contributed by atoms with Gasteiger partial charge in [-0.25, -0.2) is 12.8 Å². The molecule has 18 heavy (non-hydrogen) atoms. The van der Waals surface area contributed by atoms with Crippen LogP contribution < -0.4 is 4.72 Å². The number of sulfonamides is 1. The summed E-state index contributed by atoms with van der Waals surface area (Å²) in [6, 6.07) is 3.08. The maximum atomic E-state index is 13.0. The van der Waals surface area contributed by atoms with Crippen LogP contribution in [0.1, 0.15) is 12.8 Å². The van der Waals surface area contributed by atoms with Crippen molar-refractivity contribution in [2.45, 2.75) is 18.9 Å². The standard InChI is InChI=1S/C11H14FNO4S/c12-8-3-4-11(14)10(6-8)13-18(15,16)7-9-2-1-5-17-9/h3-4,6,9,13-14H,1-2,5,7H2. The number of hydrogen-bond donors (Lipinski definition) is 2. The Hall–Kier alpha value is -1.34. The Kier molecular flexibility index (Phi) is 3.72. The van der Waals surface area contributed by atoms with Gasteiger partial charge in [0.05, 0.1) is 17.5 Å². The summed E-state index contributed by atoms with van der Waals surface area (Å²) < 4.78 is 43.9. The zero-order valence-corrected chi connectivity index (χ0v) is 10.4. The number of rotatable bonds is 4. The van der Waals surface area contributed by atoms with Gasteiger partial charge in [0.15, 0.2) is 0 Å². The van der Waals surface area contributed by atoms with Gasteiger partial charge in [-0.3, -0.25) is 4.72 Å². The monoisotopic (exact) mass is 275 g/mol. The average Bonchev–Trinajstić information content (AvgIpc) is 2.75. The van der Waals surface area contributed by atoms with Gasteiger partial charge in [0.1, 0.15) is 11.6 Å². The Bertz CT molecular complexity index is 526. The number of nitrogens with one attached hydrogen (secondary N) is 1. The third kappa shape index (κ3) is 3.33. The first kappa shape index (κ1) is 13.1. The maximum absolute atomic E-state index is 13.0. The molecule has 1 atom stereocenters. The van der Waals surface area contributed by atoms with Gasteiger partial charge in [-0.05, 0) is 25.0 Å². The summed E-state index contributed by atoms with van der Waals surface area (Å²) in [6.07, 6.45) is 1.19. The summed E-state index contributed by atoms with van der Waals surface area (Å²) in [7, 11) is -3.66. The van der Waals surface area contributed by atoms with Crippen molar-refractivity contribution in [3.63, 3.8) is 0 Å². The van der Waals surface area contributed by atoms with Gasteiger partial charge in [-0.1, -0.05) is 0 Å². The van der Waals surface area contributed by atoms with Gasteiger partial charge in [-0.2, -0.15) is 0 Å². The lowest BCUT2D eigenvalue weighted by molar-refractivity contribution is 0.127. The summed E-state index contributed by atoms with van der Waals surface area (Å²) in [5.41, 5.74) is -0.159. The third-order valence-electron chi connectivity index (χ3n) is 2.65. The van der Waals surface area contributed by atoms with E-state index in [0.29, 0.717) is 13.0 Å². The molecule has 7 heteroatoms. The number of anilines is 1. The second kappa shape index (κ2) is 5.11. The summed E-state index contributed by atoms with van der Waals surface area (Å²) in [5, 5.41) is 9.43. The summed E-state index contributed by atoms with van der Waals surface area (Å²) in [6.45, 7) is 0.561. The zero-order valence-electron chi connectivity index (χ0n) is 9.60. The van der Waals surface area contributed by atoms with Gasteiger partial charge in [0.25, 0.3) is 0 Å². The first-order chi connectivity index (χ1) is 8.46.